The van der Waals surface area contributed by atoms with Crippen LogP contribution in [-0.2, 0) is 11.2 Å². The summed E-state index contributed by atoms with van der Waals surface area (Å²) in [7, 11) is 0. The van der Waals surface area contributed by atoms with E-state index in [-0.39, 0.29) is 17.5 Å². The standard InChI is InChI=1S/C14H17N3O3/c1-9(11-13(19)17-14(20)16-11)12(18)15-8-7-10-5-3-2-4-6-10/h2-6,9,19H,7-8H2,1H3,(H,15,18)(H2,16,17,20). The summed E-state index contributed by atoms with van der Waals surface area (Å²) in [6.45, 7) is 2.12. The number of rotatable bonds is 5. The minimum atomic E-state index is -0.621. The molecule has 0 saturated heterocycles. The van der Waals surface area contributed by atoms with Gasteiger partial charge in [0.25, 0.3) is 0 Å². The average Bonchev–Trinajstić information content (AvgIpc) is 2.78. The lowest BCUT2D eigenvalue weighted by Crippen LogP contribution is -2.30. The van der Waals surface area contributed by atoms with Crippen LogP contribution in [0.4, 0.5) is 0 Å². The molecule has 0 bridgehead atoms. The fourth-order valence-corrected chi connectivity index (χ4v) is 1.96. The van der Waals surface area contributed by atoms with Crippen LogP contribution in [0.25, 0.3) is 0 Å². The fourth-order valence-electron chi connectivity index (χ4n) is 1.96. The molecule has 2 aromatic rings. The lowest BCUT2D eigenvalue weighted by atomic mass is 10.1. The predicted molar refractivity (Wildman–Crippen MR) is 74.6 cm³/mol. The summed E-state index contributed by atoms with van der Waals surface area (Å²) in [5.74, 6) is -1.16. The highest BCUT2D eigenvalue weighted by Crippen LogP contribution is 2.19. The number of hydrogen-bond acceptors (Lipinski definition) is 3. The van der Waals surface area contributed by atoms with E-state index in [4.69, 9.17) is 0 Å². The number of nitrogens with one attached hydrogen (secondary N) is 3. The first kappa shape index (κ1) is 13.9. The number of H-pyrrole nitrogens is 2. The minimum Gasteiger partial charge on any atom is -0.493 e. The van der Waals surface area contributed by atoms with E-state index in [9.17, 15) is 14.7 Å². The van der Waals surface area contributed by atoms with Crippen LogP contribution in [0, 0.1) is 0 Å². The first-order valence-electron chi connectivity index (χ1n) is 6.40. The van der Waals surface area contributed by atoms with Crippen LogP contribution in [0.15, 0.2) is 35.1 Å². The van der Waals surface area contributed by atoms with E-state index >= 15 is 0 Å². The topological polar surface area (TPSA) is 98.0 Å². The molecule has 0 aliphatic rings. The Balaban J connectivity index is 1.89. The van der Waals surface area contributed by atoms with Gasteiger partial charge in [0.15, 0.2) is 0 Å². The van der Waals surface area contributed by atoms with Crippen LogP contribution in [0.5, 0.6) is 5.88 Å². The van der Waals surface area contributed by atoms with Gasteiger partial charge in [0.2, 0.25) is 11.8 Å². The summed E-state index contributed by atoms with van der Waals surface area (Å²) in [4.78, 5) is 27.6. The first-order chi connectivity index (χ1) is 9.58. The Labute approximate surface area is 115 Å². The van der Waals surface area contributed by atoms with Gasteiger partial charge in [0.1, 0.15) is 0 Å². The van der Waals surface area contributed by atoms with E-state index in [1.165, 1.54) is 0 Å². The zero-order chi connectivity index (χ0) is 14.5. The number of benzene rings is 1. The third kappa shape index (κ3) is 3.28. The summed E-state index contributed by atoms with van der Waals surface area (Å²) < 4.78 is 0. The van der Waals surface area contributed by atoms with Crippen molar-refractivity contribution in [2.45, 2.75) is 19.3 Å². The van der Waals surface area contributed by atoms with Crippen molar-refractivity contribution in [3.05, 3.63) is 52.1 Å². The SMILES string of the molecule is CC(C(=O)NCCc1ccccc1)c1[nH]c(=O)[nH]c1O. The van der Waals surface area contributed by atoms with E-state index in [0.29, 0.717) is 6.54 Å². The van der Waals surface area contributed by atoms with Crippen molar-refractivity contribution in [1.29, 1.82) is 0 Å². The minimum absolute atomic E-state index is 0.201. The molecule has 0 aliphatic carbocycles. The number of imidazole rings is 1. The van der Waals surface area contributed by atoms with Crippen LogP contribution in [-0.4, -0.2) is 27.5 Å². The van der Waals surface area contributed by atoms with Crippen LogP contribution < -0.4 is 11.0 Å². The average molecular weight is 275 g/mol. The summed E-state index contributed by atoms with van der Waals surface area (Å²) in [6, 6.07) is 9.82. The number of carbonyl (C=O) groups excluding carboxylic acids is 1. The van der Waals surface area contributed by atoms with Crippen LogP contribution in [0.2, 0.25) is 0 Å². The molecule has 6 nitrogen and oxygen atoms in total. The van der Waals surface area contributed by atoms with Crippen molar-refractivity contribution < 1.29 is 9.90 Å². The Morgan fingerprint density at radius 1 is 1.30 bits per heavy atom. The normalized spacial score (nSPS) is 12.1. The molecule has 0 spiro atoms. The van der Waals surface area contributed by atoms with Crippen molar-refractivity contribution in [2.24, 2.45) is 0 Å². The van der Waals surface area contributed by atoms with Gasteiger partial charge in [0, 0.05) is 6.54 Å². The molecule has 1 heterocycles. The maximum Gasteiger partial charge on any atom is 0.325 e. The van der Waals surface area contributed by atoms with Gasteiger partial charge in [-0.1, -0.05) is 30.3 Å². The van der Waals surface area contributed by atoms with Gasteiger partial charge in [-0.05, 0) is 18.9 Å². The van der Waals surface area contributed by atoms with Crippen LogP contribution >= 0.6 is 0 Å². The Hall–Kier alpha value is -2.50. The Kier molecular flexibility index (Phi) is 4.24. The lowest BCUT2D eigenvalue weighted by molar-refractivity contribution is -0.122. The highest BCUT2D eigenvalue weighted by Gasteiger charge is 2.20. The molecule has 1 aromatic heterocycles. The molecule has 1 aromatic carbocycles. The van der Waals surface area contributed by atoms with E-state index < -0.39 is 11.6 Å². The molecule has 0 saturated carbocycles. The molecule has 1 unspecified atom stereocenters. The molecule has 1 amide bonds. The molecule has 20 heavy (non-hydrogen) atoms. The van der Waals surface area contributed by atoms with Gasteiger partial charge < -0.3 is 15.4 Å². The fraction of sp³-hybridized carbons (Fsp3) is 0.286. The molecule has 0 fully saturated rings. The molecule has 0 radical (unpaired) electrons. The second kappa shape index (κ2) is 6.10. The lowest BCUT2D eigenvalue weighted by Gasteiger charge is -2.10. The van der Waals surface area contributed by atoms with Crippen molar-refractivity contribution in [2.75, 3.05) is 6.54 Å². The number of hydrogen-bond donors (Lipinski definition) is 4. The highest BCUT2D eigenvalue weighted by molar-refractivity contribution is 5.83. The Morgan fingerprint density at radius 3 is 2.60 bits per heavy atom. The van der Waals surface area contributed by atoms with Crippen LogP contribution in [0.1, 0.15) is 24.1 Å². The van der Waals surface area contributed by atoms with E-state index in [2.05, 4.69) is 15.3 Å². The van der Waals surface area contributed by atoms with E-state index in [1.807, 2.05) is 30.3 Å². The number of aromatic amines is 2. The Bertz CT molecular complexity index is 631. The van der Waals surface area contributed by atoms with Gasteiger partial charge in [-0.15, -0.1) is 0 Å². The largest absolute Gasteiger partial charge is 0.493 e. The molecule has 1 atom stereocenters. The van der Waals surface area contributed by atoms with E-state index in [0.717, 1.165) is 12.0 Å². The predicted octanol–water partition coefficient (Wildman–Crippen LogP) is 0.871. The zero-order valence-electron chi connectivity index (χ0n) is 11.1. The second-order valence-electron chi connectivity index (χ2n) is 4.59. The first-order valence-corrected chi connectivity index (χ1v) is 6.40. The van der Waals surface area contributed by atoms with Gasteiger partial charge in [-0.3, -0.25) is 9.78 Å². The van der Waals surface area contributed by atoms with E-state index in [1.54, 1.807) is 6.92 Å². The van der Waals surface area contributed by atoms with Gasteiger partial charge in [0.05, 0.1) is 11.6 Å². The van der Waals surface area contributed by atoms with Crippen LogP contribution in [0.3, 0.4) is 0 Å². The molecule has 0 aliphatic heterocycles. The summed E-state index contributed by atoms with van der Waals surface area (Å²) in [6.07, 6.45) is 0.731. The monoisotopic (exact) mass is 275 g/mol. The summed E-state index contributed by atoms with van der Waals surface area (Å²) in [5.41, 5.74) is 0.812. The number of aromatic nitrogens is 2. The smallest absolute Gasteiger partial charge is 0.325 e. The van der Waals surface area contributed by atoms with Crippen molar-refractivity contribution >= 4 is 5.91 Å². The van der Waals surface area contributed by atoms with Crippen molar-refractivity contribution in [1.82, 2.24) is 15.3 Å². The Morgan fingerprint density at radius 2 is 2.00 bits per heavy atom. The van der Waals surface area contributed by atoms with Gasteiger partial charge in [-0.2, -0.15) is 0 Å². The second-order valence-corrected chi connectivity index (χ2v) is 4.59. The van der Waals surface area contributed by atoms with Gasteiger partial charge >= 0.3 is 5.69 Å². The molecule has 4 N–H and O–H groups in total. The maximum absolute atomic E-state index is 11.9. The molecule has 6 heteroatoms. The molecular weight excluding hydrogens is 258 g/mol. The van der Waals surface area contributed by atoms with Crippen molar-refractivity contribution in [3.8, 4) is 5.88 Å². The van der Waals surface area contributed by atoms with Crippen molar-refractivity contribution in [3.63, 3.8) is 0 Å². The molecule has 2 rings (SSSR count). The zero-order valence-corrected chi connectivity index (χ0v) is 11.1. The maximum atomic E-state index is 11.9. The molecule has 106 valence electrons. The number of amides is 1. The van der Waals surface area contributed by atoms with Gasteiger partial charge in [-0.25, -0.2) is 4.79 Å². The third-order valence-corrected chi connectivity index (χ3v) is 3.12. The summed E-state index contributed by atoms with van der Waals surface area (Å²) in [5, 5.41) is 12.3. The number of aromatic hydroxyl groups is 1. The highest BCUT2D eigenvalue weighted by atomic mass is 16.3. The summed E-state index contributed by atoms with van der Waals surface area (Å²) >= 11 is 0. The quantitative estimate of drug-likeness (QED) is 0.651. The molecular formula is C14H17N3O3. The third-order valence-electron chi connectivity index (χ3n) is 3.12. The number of carbonyl (C=O) groups is 1.